The molecule has 1 aromatic carbocycles. The summed E-state index contributed by atoms with van der Waals surface area (Å²) < 4.78 is 21.0. The highest BCUT2D eigenvalue weighted by Crippen LogP contribution is 2.39. The third-order valence-electron chi connectivity index (χ3n) is 2.49. The molecular weight excluding hydrogens is 236 g/mol. The second-order valence-electron chi connectivity index (χ2n) is 3.47. The summed E-state index contributed by atoms with van der Waals surface area (Å²) >= 11 is 0. The van der Waals surface area contributed by atoms with E-state index in [1.165, 1.54) is 21.3 Å². The standard InChI is InChI=1S/C13H18O5/c1-5-18-12(8-14)9-6-10(15-2)13(17-4)11(7-9)16-3/h6-8,12H,5H2,1-4H3. The molecule has 0 N–H and O–H groups in total. The number of hydrogen-bond acceptors (Lipinski definition) is 5. The molecule has 1 unspecified atom stereocenters. The molecule has 0 heterocycles. The number of benzene rings is 1. The highest BCUT2D eigenvalue weighted by Gasteiger charge is 2.18. The van der Waals surface area contributed by atoms with E-state index in [9.17, 15) is 4.79 Å². The Morgan fingerprint density at radius 1 is 1.11 bits per heavy atom. The van der Waals surface area contributed by atoms with Gasteiger partial charge in [0.2, 0.25) is 5.75 Å². The molecule has 18 heavy (non-hydrogen) atoms. The normalized spacial score (nSPS) is 11.8. The van der Waals surface area contributed by atoms with Crippen LogP contribution in [0, 0.1) is 0 Å². The van der Waals surface area contributed by atoms with Gasteiger partial charge in [-0.2, -0.15) is 0 Å². The van der Waals surface area contributed by atoms with Crippen LogP contribution < -0.4 is 14.2 Å². The fourth-order valence-electron chi connectivity index (χ4n) is 1.66. The summed E-state index contributed by atoms with van der Waals surface area (Å²) in [5.74, 6) is 1.49. The van der Waals surface area contributed by atoms with Gasteiger partial charge in [0.25, 0.3) is 0 Å². The van der Waals surface area contributed by atoms with Crippen molar-refractivity contribution >= 4 is 6.29 Å². The van der Waals surface area contributed by atoms with E-state index in [0.717, 1.165) is 6.29 Å². The van der Waals surface area contributed by atoms with E-state index < -0.39 is 6.10 Å². The van der Waals surface area contributed by atoms with Gasteiger partial charge in [-0.1, -0.05) is 0 Å². The molecule has 5 heteroatoms. The highest BCUT2D eigenvalue weighted by molar-refractivity contribution is 5.64. The summed E-state index contributed by atoms with van der Waals surface area (Å²) in [6.45, 7) is 2.27. The smallest absolute Gasteiger partial charge is 0.203 e. The minimum atomic E-state index is -0.635. The summed E-state index contributed by atoms with van der Waals surface area (Å²) in [7, 11) is 4.58. The van der Waals surface area contributed by atoms with E-state index in [1.54, 1.807) is 12.1 Å². The molecule has 0 fully saturated rings. The van der Waals surface area contributed by atoms with Gasteiger partial charge in [0.1, 0.15) is 6.10 Å². The predicted octanol–water partition coefficient (Wildman–Crippen LogP) is 1.99. The van der Waals surface area contributed by atoms with Crippen molar-refractivity contribution in [3.05, 3.63) is 17.7 Å². The van der Waals surface area contributed by atoms with Gasteiger partial charge in [-0.3, -0.25) is 0 Å². The number of carbonyl (C=O) groups is 1. The average molecular weight is 254 g/mol. The molecule has 0 aliphatic heterocycles. The second kappa shape index (κ2) is 6.86. The molecule has 0 aromatic heterocycles. The van der Waals surface area contributed by atoms with Gasteiger partial charge in [0.15, 0.2) is 17.8 Å². The van der Waals surface area contributed by atoms with Gasteiger partial charge in [-0.25, -0.2) is 0 Å². The number of methoxy groups -OCH3 is 3. The van der Waals surface area contributed by atoms with Crippen molar-refractivity contribution in [2.24, 2.45) is 0 Å². The van der Waals surface area contributed by atoms with Crippen LogP contribution in [-0.2, 0) is 9.53 Å². The average Bonchev–Trinajstić information content (AvgIpc) is 2.42. The Kier molecular flexibility index (Phi) is 5.45. The van der Waals surface area contributed by atoms with Crippen molar-refractivity contribution in [1.29, 1.82) is 0 Å². The summed E-state index contributed by atoms with van der Waals surface area (Å²) in [6.07, 6.45) is 0.105. The summed E-state index contributed by atoms with van der Waals surface area (Å²) in [6, 6.07) is 3.41. The van der Waals surface area contributed by atoms with Crippen LogP contribution >= 0.6 is 0 Å². The lowest BCUT2D eigenvalue weighted by molar-refractivity contribution is -0.118. The molecule has 1 aromatic rings. The Hall–Kier alpha value is -1.75. The van der Waals surface area contributed by atoms with Crippen molar-refractivity contribution in [1.82, 2.24) is 0 Å². The monoisotopic (exact) mass is 254 g/mol. The number of aldehydes is 1. The van der Waals surface area contributed by atoms with Crippen LogP contribution in [0.1, 0.15) is 18.6 Å². The van der Waals surface area contributed by atoms with Crippen molar-refractivity contribution in [3.8, 4) is 17.2 Å². The van der Waals surface area contributed by atoms with E-state index in [4.69, 9.17) is 18.9 Å². The SMILES string of the molecule is CCOC(C=O)c1cc(OC)c(OC)c(OC)c1. The first kappa shape index (κ1) is 14.3. The van der Waals surface area contributed by atoms with Crippen LogP contribution in [0.5, 0.6) is 17.2 Å². The summed E-state index contributed by atoms with van der Waals surface area (Å²) in [5.41, 5.74) is 0.668. The molecular formula is C13H18O5. The molecule has 0 radical (unpaired) electrons. The number of hydrogen-bond donors (Lipinski definition) is 0. The zero-order valence-electron chi connectivity index (χ0n) is 11.1. The number of ether oxygens (including phenoxy) is 4. The molecule has 0 aliphatic rings. The molecule has 0 aliphatic carbocycles. The Labute approximate surface area is 107 Å². The molecule has 0 saturated heterocycles. The Morgan fingerprint density at radius 2 is 1.67 bits per heavy atom. The third kappa shape index (κ3) is 2.92. The summed E-state index contributed by atoms with van der Waals surface area (Å²) in [5, 5.41) is 0. The molecule has 1 rings (SSSR count). The minimum Gasteiger partial charge on any atom is -0.493 e. The van der Waals surface area contributed by atoms with Crippen LogP contribution in [0.25, 0.3) is 0 Å². The fourth-order valence-corrected chi connectivity index (χ4v) is 1.66. The molecule has 0 spiro atoms. The zero-order chi connectivity index (χ0) is 13.5. The van der Waals surface area contributed by atoms with E-state index in [1.807, 2.05) is 6.92 Å². The molecule has 5 nitrogen and oxygen atoms in total. The Morgan fingerprint density at radius 3 is 2.00 bits per heavy atom. The second-order valence-corrected chi connectivity index (χ2v) is 3.47. The number of rotatable bonds is 7. The largest absolute Gasteiger partial charge is 0.493 e. The topological polar surface area (TPSA) is 54.0 Å². The maximum atomic E-state index is 11.0. The molecule has 0 bridgehead atoms. The van der Waals surface area contributed by atoms with Gasteiger partial charge >= 0.3 is 0 Å². The first-order chi connectivity index (χ1) is 8.71. The van der Waals surface area contributed by atoms with E-state index >= 15 is 0 Å². The van der Waals surface area contributed by atoms with Gasteiger partial charge in [0, 0.05) is 6.61 Å². The van der Waals surface area contributed by atoms with Crippen LogP contribution in [0.3, 0.4) is 0 Å². The Bertz CT molecular complexity index is 377. The first-order valence-electron chi connectivity index (χ1n) is 5.58. The zero-order valence-corrected chi connectivity index (χ0v) is 11.1. The summed E-state index contributed by atoms with van der Waals surface area (Å²) in [4.78, 5) is 11.0. The third-order valence-corrected chi connectivity index (χ3v) is 2.49. The quantitative estimate of drug-likeness (QED) is 0.696. The number of carbonyl (C=O) groups excluding carboxylic acids is 1. The predicted molar refractivity (Wildman–Crippen MR) is 66.5 cm³/mol. The van der Waals surface area contributed by atoms with Crippen molar-refractivity contribution in [2.75, 3.05) is 27.9 Å². The van der Waals surface area contributed by atoms with Gasteiger partial charge in [-0.05, 0) is 24.6 Å². The minimum absolute atomic E-state index is 0.445. The lowest BCUT2D eigenvalue weighted by atomic mass is 10.1. The lowest BCUT2D eigenvalue weighted by Gasteiger charge is -2.17. The molecule has 100 valence electrons. The highest BCUT2D eigenvalue weighted by atomic mass is 16.5. The van der Waals surface area contributed by atoms with E-state index in [0.29, 0.717) is 29.4 Å². The van der Waals surface area contributed by atoms with Crippen LogP contribution in [0.2, 0.25) is 0 Å². The van der Waals surface area contributed by atoms with Crippen molar-refractivity contribution in [2.45, 2.75) is 13.0 Å². The molecule has 1 atom stereocenters. The van der Waals surface area contributed by atoms with Crippen LogP contribution in [0.15, 0.2) is 12.1 Å². The van der Waals surface area contributed by atoms with Crippen molar-refractivity contribution in [3.63, 3.8) is 0 Å². The van der Waals surface area contributed by atoms with Crippen LogP contribution in [0.4, 0.5) is 0 Å². The maximum absolute atomic E-state index is 11.0. The van der Waals surface area contributed by atoms with E-state index in [-0.39, 0.29) is 0 Å². The Balaban J connectivity index is 3.25. The first-order valence-corrected chi connectivity index (χ1v) is 5.58. The van der Waals surface area contributed by atoms with Gasteiger partial charge < -0.3 is 23.7 Å². The fraction of sp³-hybridized carbons (Fsp3) is 0.462. The van der Waals surface area contributed by atoms with Gasteiger partial charge in [-0.15, -0.1) is 0 Å². The lowest BCUT2D eigenvalue weighted by Crippen LogP contribution is -2.07. The molecule has 0 amide bonds. The molecule has 0 saturated carbocycles. The maximum Gasteiger partial charge on any atom is 0.203 e. The van der Waals surface area contributed by atoms with E-state index in [2.05, 4.69) is 0 Å². The van der Waals surface area contributed by atoms with Crippen LogP contribution in [-0.4, -0.2) is 34.2 Å². The van der Waals surface area contributed by atoms with Gasteiger partial charge in [0.05, 0.1) is 21.3 Å². The van der Waals surface area contributed by atoms with Crippen molar-refractivity contribution < 1.29 is 23.7 Å².